The summed E-state index contributed by atoms with van der Waals surface area (Å²) >= 11 is 0. The molecule has 104 valence electrons. The predicted molar refractivity (Wildman–Crippen MR) is 78.0 cm³/mol. The van der Waals surface area contributed by atoms with E-state index in [4.69, 9.17) is 4.42 Å². The summed E-state index contributed by atoms with van der Waals surface area (Å²) in [5, 5.41) is 13.9. The molecule has 1 atom stereocenters. The van der Waals surface area contributed by atoms with Crippen molar-refractivity contribution in [1.82, 2.24) is 5.32 Å². The van der Waals surface area contributed by atoms with Gasteiger partial charge in [-0.15, -0.1) is 0 Å². The SMILES string of the molecule is CC(C)(C)C(CCO)NCc1coc2ccccc12. The lowest BCUT2D eigenvalue weighted by Gasteiger charge is -2.31. The minimum atomic E-state index is 0.127. The van der Waals surface area contributed by atoms with E-state index >= 15 is 0 Å². The van der Waals surface area contributed by atoms with Gasteiger partial charge in [-0.3, -0.25) is 0 Å². The van der Waals surface area contributed by atoms with E-state index < -0.39 is 0 Å². The lowest BCUT2D eigenvalue weighted by atomic mass is 9.85. The van der Waals surface area contributed by atoms with Crippen LogP contribution in [0.5, 0.6) is 0 Å². The van der Waals surface area contributed by atoms with Gasteiger partial charge in [0.1, 0.15) is 5.58 Å². The Bertz CT molecular complexity index is 525. The Kier molecular flexibility index (Phi) is 4.27. The van der Waals surface area contributed by atoms with Gasteiger partial charge in [0, 0.05) is 30.1 Å². The molecule has 0 aliphatic rings. The summed E-state index contributed by atoms with van der Waals surface area (Å²) in [6, 6.07) is 8.34. The van der Waals surface area contributed by atoms with Crippen molar-refractivity contribution >= 4 is 11.0 Å². The number of benzene rings is 1. The van der Waals surface area contributed by atoms with E-state index in [0.29, 0.717) is 0 Å². The van der Waals surface area contributed by atoms with Crippen LogP contribution >= 0.6 is 0 Å². The first-order chi connectivity index (χ1) is 9.02. The number of hydrogen-bond donors (Lipinski definition) is 2. The number of nitrogens with one attached hydrogen (secondary N) is 1. The normalized spacial score (nSPS) is 13.9. The van der Waals surface area contributed by atoms with Crippen LogP contribution in [0.15, 0.2) is 34.9 Å². The van der Waals surface area contributed by atoms with E-state index in [1.54, 1.807) is 0 Å². The van der Waals surface area contributed by atoms with Gasteiger partial charge in [-0.25, -0.2) is 0 Å². The molecule has 2 N–H and O–H groups in total. The maximum absolute atomic E-state index is 9.17. The van der Waals surface area contributed by atoms with Crippen molar-refractivity contribution in [2.75, 3.05) is 6.61 Å². The quantitative estimate of drug-likeness (QED) is 0.868. The van der Waals surface area contributed by atoms with E-state index in [9.17, 15) is 5.11 Å². The van der Waals surface area contributed by atoms with Gasteiger partial charge in [-0.2, -0.15) is 0 Å². The molecule has 2 aromatic rings. The van der Waals surface area contributed by atoms with Crippen LogP contribution < -0.4 is 5.32 Å². The van der Waals surface area contributed by atoms with Crippen LogP contribution in [0.1, 0.15) is 32.8 Å². The second kappa shape index (κ2) is 5.76. The topological polar surface area (TPSA) is 45.4 Å². The molecule has 0 spiro atoms. The van der Waals surface area contributed by atoms with E-state index in [2.05, 4.69) is 32.2 Å². The van der Waals surface area contributed by atoms with Crippen molar-refractivity contribution < 1.29 is 9.52 Å². The molecule has 1 aromatic heterocycles. The summed E-state index contributed by atoms with van der Waals surface area (Å²) < 4.78 is 5.54. The van der Waals surface area contributed by atoms with E-state index in [1.165, 1.54) is 5.56 Å². The average molecular weight is 261 g/mol. The molecule has 1 heterocycles. The summed E-state index contributed by atoms with van der Waals surface area (Å²) in [4.78, 5) is 0. The second-order valence-corrected chi connectivity index (χ2v) is 6.07. The summed E-state index contributed by atoms with van der Waals surface area (Å²) in [7, 11) is 0. The Morgan fingerprint density at radius 2 is 2.00 bits per heavy atom. The van der Waals surface area contributed by atoms with Crippen LogP contribution in [0.25, 0.3) is 11.0 Å². The molecule has 0 aliphatic carbocycles. The van der Waals surface area contributed by atoms with Crippen molar-refractivity contribution in [3.8, 4) is 0 Å². The van der Waals surface area contributed by atoms with Gasteiger partial charge in [0.25, 0.3) is 0 Å². The summed E-state index contributed by atoms with van der Waals surface area (Å²) in [5.41, 5.74) is 2.22. The maximum atomic E-state index is 9.17. The second-order valence-electron chi connectivity index (χ2n) is 6.07. The van der Waals surface area contributed by atoms with Crippen LogP contribution in [0, 0.1) is 5.41 Å². The molecule has 0 amide bonds. The molecule has 0 bridgehead atoms. The lowest BCUT2D eigenvalue weighted by Crippen LogP contribution is -2.40. The Balaban J connectivity index is 2.08. The molecule has 0 aliphatic heterocycles. The molecule has 0 saturated heterocycles. The van der Waals surface area contributed by atoms with Crippen LogP contribution in [0.2, 0.25) is 0 Å². The summed E-state index contributed by atoms with van der Waals surface area (Å²) in [6.07, 6.45) is 2.58. The van der Waals surface area contributed by atoms with Crippen molar-refractivity contribution in [3.63, 3.8) is 0 Å². The number of para-hydroxylation sites is 1. The monoisotopic (exact) mass is 261 g/mol. The van der Waals surface area contributed by atoms with Gasteiger partial charge in [-0.1, -0.05) is 39.0 Å². The highest BCUT2D eigenvalue weighted by atomic mass is 16.3. The third kappa shape index (κ3) is 3.37. The smallest absolute Gasteiger partial charge is 0.134 e. The van der Waals surface area contributed by atoms with Gasteiger partial charge < -0.3 is 14.8 Å². The number of hydrogen-bond acceptors (Lipinski definition) is 3. The third-order valence-electron chi connectivity index (χ3n) is 3.56. The van der Waals surface area contributed by atoms with Crippen LogP contribution in [-0.2, 0) is 6.54 Å². The maximum Gasteiger partial charge on any atom is 0.134 e. The predicted octanol–water partition coefficient (Wildman–Crippen LogP) is 3.32. The minimum Gasteiger partial charge on any atom is -0.464 e. The molecule has 1 aromatic carbocycles. The highest BCUT2D eigenvalue weighted by molar-refractivity contribution is 5.80. The van der Waals surface area contributed by atoms with E-state index in [1.807, 2.05) is 24.5 Å². The zero-order chi connectivity index (χ0) is 13.9. The van der Waals surface area contributed by atoms with Crippen LogP contribution in [-0.4, -0.2) is 17.8 Å². The Hall–Kier alpha value is -1.32. The van der Waals surface area contributed by atoms with Gasteiger partial charge >= 0.3 is 0 Å². The highest BCUT2D eigenvalue weighted by Gasteiger charge is 2.23. The van der Waals surface area contributed by atoms with Crippen molar-refractivity contribution in [1.29, 1.82) is 0 Å². The Morgan fingerprint density at radius 3 is 2.68 bits per heavy atom. The molecule has 3 nitrogen and oxygen atoms in total. The van der Waals surface area contributed by atoms with Gasteiger partial charge in [-0.05, 0) is 17.9 Å². The zero-order valence-corrected chi connectivity index (χ0v) is 11.9. The first-order valence-electron chi connectivity index (χ1n) is 6.81. The van der Waals surface area contributed by atoms with Gasteiger partial charge in [0.15, 0.2) is 0 Å². The first kappa shape index (κ1) is 14.1. The fourth-order valence-corrected chi connectivity index (χ4v) is 2.37. The molecule has 0 fully saturated rings. The molecular formula is C16H23NO2. The largest absolute Gasteiger partial charge is 0.464 e. The molecule has 2 rings (SSSR count). The molecule has 0 saturated carbocycles. The number of fused-ring (bicyclic) bond motifs is 1. The van der Waals surface area contributed by atoms with Crippen molar-refractivity contribution in [2.24, 2.45) is 5.41 Å². The number of rotatable bonds is 5. The summed E-state index contributed by atoms with van der Waals surface area (Å²) in [5.74, 6) is 0. The van der Waals surface area contributed by atoms with E-state index in [0.717, 1.165) is 23.9 Å². The molecule has 1 unspecified atom stereocenters. The fourth-order valence-electron chi connectivity index (χ4n) is 2.37. The average Bonchev–Trinajstić information content (AvgIpc) is 2.76. The molecular weight excluding hydrogens is 238 g/mol. The number of aliphatic hydroxyl groups excluding tert-OH is 1. The highest BCUT2D eigenvalue weighted by Crippen LogP contribution is 2.24. The summed E-state index contributed by atoms with van der Waals surface area (Å²) in [6.45, 7) is 7.54. The number of aliphatic hydroxyl groups is 1. The molecule has 19 heavy (non-hydrogen) atoms. The molecule has 0 radical (unpaired) electrons. The Labute approximate surface area is 114 Å². The van der Waals surface area contributed by atoms with Crippen LogP contribution in [0.3, 0.4) is 0 Å². The standard InChI is InChI=1S/C16H23NO2/c1-16(2,3)15(8-9-18)17-10-12-11-19-14-7-5-4-6-13(12)14/h4-7,11,15,17-18H,8-10H2,1-3H3. The van der Waals surface area contributed by atoms with Gasteiger partial charge in [0.2, 0.25) is 0 Å². The van der Waals surface area contributed by atoms with E-state index in [-0.39, 0.29) is 18.1 Å². The molecule has 3 heteroatoms. The number of furan rings is 1. The Morgan fingerprint density at radius 1 is 1.26 bits per heavy atom. The fraction of sp³-hybridized carbons (Fsp3) is 0.500. The van der Waals surface area contributed by atoms with Gasteiger partial charge in [0.05, 0.1) is 6.26 Å². The first-order valence-corrected chi connectivity index (χ1v) is 6.81. The van der Waals surface area contributed by atoms with Crippen molar-refractivity contribution in [3.05, 3.63) is 36.1 Å². The lowest BCUT2D eigenvalue weighted by molar-refractivity contribution is 0.196. The zero-order valence-electron chi connectivity index (χ0n) is 11.9. The third-order valence-corrected chi connectivity index (χ3v) is 3.56. The minimum absolute atomic E-state index is 0.127. The van der Waals surface area contributed by atoms with Crippen molar-refractivity contribution in [2.45, 2.75) is 39.8 Å². The van der Waals surface area contributed by atoms with Crippen LogP contribution in [0.4, 0.5) is 0 Å².